The van der Waals surface area contributed by atoms with Gasteiger partial charge in [0.1, 0.15) is 5.69 Å². The van der Waals surface area contributed by atoms with Crippen molar-refractivity contribution in [2.24, 2.45) is 0 Å². The number of aryl methyl sites for hydroxylation is 1. The molecule has 0 atom stereocenters. The minimum Gasteiger partial charge on any atom is -0.380 e. The highest BCUT2D eigenvalue weighted by Gasteiger charge is 2.19. The SMILES string of the molecule is CCNc1cccc(SCc2cccc(C)c2)c1[N+](=O)[O-]. The van der Waals surface area contributed by atoms with Gasteiger partial charge in [0.15, 0.2) is 0 Å². The molecule has 21 heavy (non-hydrogen) atoms. The topological polar surface area (TPSA) is 55.2 Å². The maximum atomic E-state index is 11.3. The quantitative estimate of drug-likeness (QED) is 0.480. The zero-order chi connectivity index (χ0) is 15.2. The molecule has 1 N–H and O–H groups in total. The minimum atomic E-state index is -0.309. The van der Waals surface area contributed by atoms with Crippen molar-refractivity contribution in [2.45, 2.75) is 24.5 Å². The third kappa shape index (κ3) is 3.98. The maximum Gasteiger partial charge on any atom is 0.305 e. The lowest BCUT2D eigenvalue weighted by molar-refractivity contribution is -0.386. The van der Waals surface area contributed by atoms with Crippen molar-refractivity contribution in [3.63, 3.8) is 0 Å². The fourth-order valence-electron chi connectivity index (χ4n) is 2.12. The Kier molecular flexibility index (Phi) is 5.22. The number of rotatable bonds is 6. The number of anilines is 1. The molecular weight excluding hydrogens is 284 g/mol. The third-order valence-corrected chi connectivity index (χ3v) is 4.14. The van der Waals surface area contributed by atoms with Crippen LogP contribution in [0.25, 0.3) is 0 Å². The Labute approximate surface area is 128 Å². The second kappa shape index (κ2) is 7.13. The Morgan fingerprint density at radius 1 is 1.24 bits per heavy atom. The molecule has 2 aromatic carbocycles. The molecule has 0 saturated heterocycles. The summed E-state index contributed by atoms with van der Waals surface area (Å²) in [7, 11) is 0. The van der Waals surface area contributed by atoms with Gasteiger partial charge in [0.25, 0.3) is 0 Å². The molecular formula is C16H18N2O2S. The highest BCUT2D eigenvalue weighted by molar-refractivity contribution is 7.98. The van der Waals surface area contributed by atoms with Crippen molar-refractivity contribution in [1.29, 1.82) is 0 Å². The minimum absolute atomic E-state index is 0.164. The lowest BCUT2D eigenvalue weighted by Crippen LogP contribution is -2.02. The summed E-state index contributed by atoms with van der Waals surface area (Å²) in [5.41, 5.74) is 3.11. The maximum absolute atomic E-state index is 11.3. The molecule has 0 bridgehead atoms. The van der Waals surface area contributed by atoms with Gasteiger partial charge in [-0.25, -0.2) is 0 Å². The number of nitro benzene ring substituents is 1. The van der Waals surface area contributed by atoms with Gasteiger partial charge in [-0.2, -0.15) is 0 Å². The number of nitrogens with zero attached hydrogens (tertiary/aromatic N) is 1. The summed E-state index contributed by atoms with van der Waals surface area (Å²) >= 11 is 1.50. The summed E-state index contributed by atoms with van der Waals surface area (Å²) in [6.07, 6.45) is 0. The number of hydrogen-bond acceptors (Lipinski definition) is 4. The van der Waals surface area contributed by atoms with E-state index >= 15 is 0 Å². The predicted molar refractivity (Wildman–Crippen MR) is 88.0 cm³/mol. The van der Waals surface area contributed by atoms with Crippen LogP contribution in [0.2, 0.25) is 0 Å². The average Bonchev–Trinajstić information content (AvgIpc) is 2.45. The second-order valence-corrected chi connectivity index (χ2v) is 5.73. The highest BCUT2D eigenvalue weighted by atomic mass is 32.2. The Bertz CT molecular complexity index is 644. The molecule has 0 aliphatic heterocycles. The Morgan fingerprint density at radius 3 is 2.67 bits per heavy atom. The zero-order valence-corrected chi connectivity index (χ0v) is 12.9. The van der Waals surface area contributed by atoms with Crippen LogP contribution in [0.5, 0.6) is 0 Å². The van der Waals surface area contributed by atoms with Crippen molar-refractivity contribution in [2.75, 3.05) is 11.9 Å². The van der Waals surface area contributed by atoms with Gasteiger partial charge in [-0.05, 0) is 31.5 Å². The Hall–Kier alpha value is -2.01. The summed E-state index contributed by atoms with van der Waals surface area (Å²) in [5.74, 6) is 0.720. The first-order valence-electron chi connectivity index (χ1n) is 6.81. The molecule has 4 nitrogen and oxygen atoms in total. The van der Waals surface area contributed by atoms with Crippen LogP contribution in [-0.2, 0) is 5.75 Å². The number of para-hydroxylation sites is 1. The van der Waals surface area contributed by atoms with Crippen molar-refractivity contribution >= 4 is 23.1 Å². The number of thioether (sulfide) groups is 1. The van der Waals surface area contributed by atoms with Crippen molar-refractivity contribution in [1.82, 2.24) is 0 Å². The molecule has 5 heteroatoms. The van der Waals surface area contributed by atoms with Gasteiger partial charge in [0.05, 0.1) is 9.82 Å². The van der Waals surface area contributed by atoms with Crippen LogP contribution in [-0.4, -0.2) is 11.5 Å². The van der Waals surface area contributed by atoms with E-state index in [2.05, 4.69) is 11.4 Å². The van der Waals surface area contributed by atoms with Crippen LogP contribution in [0.3, 0.4) is 0 Å². The van der Waals surface area contributed by atoms with Gasteiger partial charge < -0.3 is 5.32 Å². The average molecular weight is 302 g/mol. The van der Waals surface area contributed by atoms with Gasteiger partial charge in [-0.1, -0.05) is 35.9 Å². The van der Waals surface area contributed by atoms with Crippen molar-refractivity contribution in [3.8, 4) is 0 Å². The predicted octanol–water partition coefficient (Wildman–Crippen LogP) is 4.63. The fraction of sp³-hybridized carbons (Fsp3) is 0.250. The van der Waals surface area contributed by atoms with Gasteiger partial charge in [-0.3, -0.25) is 10.1 Å². The van der Waals surface area contributed by atoms with E-state index < -0.39 is 0 Å². The van der Waals surface area contributed by atoms with Crippen LogP contribution in [0.4, 0.5) is 11.4 Å². The van der Waals surface area contributed by atoms with Gasteiger partial charge in [0, 0.05) is 12.3 Å². The molecule has 0 saturated carbocycles. The molecule has 0 aromatic heterocycles. The molecule has 0 fully saturated rings. The van der Waals surface area contributed by atoms with Crippen LogP contribution < -0.4 is 5.32 Å². The Morgan fingerprint density at radius 2 is 2.00 bits per heavy atom. The van der Waals surface area contributed by atoms with E-state index in [4.69, 9.17) is 0 Å². The fourth-order valence-corrected chi connectivity index (χ4v) is 3.12. The zero-order valence-electron chi connectivity index (χ0n) is 12.1. The van der Waals surface area contributed by atoms with Crippen LogP contribution in [0.15, 0.2) is 47.4 Å². The molecule has 2 rings (SSSR count). The lowest BCUT2D eigenvalue weighted by Gasteiger charge is -2.09. The molecule has 0 aliphatic rings. The number of nitrogens with one attached hydrogen (secondary N) is 1. The van der Waals surface area contributed by atoms with Gasteiger partial charge >= 0.3 is 5.69 Å². The summed E-state index contributed by atoms with van der Waals surface area (Å²) in [6, 6.07) is 13.6. The Balaban J connectivity index is 2.23. The van der Waals surface area contributed by atoms with Gasteiger partial charge in [-0.15, -0.1) is 11.8 Å². The van der Waals surface area contributed by atoms with Crippen LogP contribution in [0.1, 0.15) is 18.1 Å². The first-order valence-corrected chi connectivity index (χ1v) is 7.80. The summed E-state index contributed by atoms with van der Waals surface area (Å²) in [5, 5.41) is 14.4. The molecule has 0 aliphatic carbocycles. The molecule has 110 valence electrons. The van der Waals surface area contributed by atoms with Crippen molar-refractivity contribution < 1.29 is 4.92 Å². The van der Waals surface area contributed by atoms with E-state index in [0.29, 0.717) is 17.1 Å². The molecule has 0 heterocycles. The molecule has 0 amide bonds. The largest absolute Gasteiger partial charge is 0.380 e. The van der Waals surface area contributed by atoms with Crippen molar-refractivity contribution in [3.05, 3.63) is 63.7 Å². The van der Waals surface area contributed by atoms with E-state index in [1.165, 1.54) is 22.9 Å². The van der Waals surface area contributed by atoms with E-state index in [-0.39, 0.29) is 10.6 Å². The second-order valence-electron chi connectivity index (χ2n) is 4.72. The monoisotopic (exact) mass is 302 g/mol. The highest BCUT2D eigenvalue weighted by Crippen LogP contribution is 2.37. The first-order chi connectivity index (χ1) is 10.1. The smallest absolute Gasteiger partial charge is 0.305 e. The van der Waals surface area contributed by atoms with Gasteiger partial charge in [0.2, 0.25) is 0 Å². The van der Waals surface area contributed by atoms with E-state index in [1.807, 2.05) is 38.1 Å². The summed E-state index contributed by atoms with van der Waals surface area (Å²) < 4.78 is 0. The van der Waals surface area contributed by atoms with Crippen LogP contribution >= 0.6 is 11.8 Å². The number of nitro groups is 1. The van der Waals surface area contributed by atoms with Crippen LogP contribution in [0, 0.1) is 17.0 Å². The molecule has 0 spiro atoms. The number of benzene rings is 2. The lowest BCUT2D eigenvalue weighted by atomic mass is 10.2. The summed E-state index contributed by atoms with van der Waals surface area (Å²) in [4.78, 5) is 11.7. The number of hydrogen-bond donors (Lipinski definition) is 1. The standard InChI is InChI=1S/C16H18N2O2S/c1-3-17-14-8-5-9-15(16(14)18(19)20)21-11-13-7-4-6-12(2)10-13/h4-10,17H,3,11H2,1-2H3. The van der Waals surface area contributed by atoms with E-state index in [0.717, 1.165) is 5.75 Å². The first kappa shape index (κ1) is 15.4. The molecule has 0 unspecified atom stereocenters. The normalized spacial score (nSPS) is 10.4. The molecule has 2 aromatic rings. The third-order valence-electron chi connectivity index (χ3n) is 3.03. The van der Waals surface area contributed by atoms with E-state index in [1.54, 1.807) is 12.1 Å². The molecule has 0 radical (unpaired) electrons. The van der Waals surface area contributed by atoms with E-state index in [9.17, 15) is 10.1 Å². The summed E-state index contributed by atoms with van der Waals surface area (Å²) in [6.45, 7) is 4.63.